The van der Waals surface area contributed by atoms with Gasteiger partial charge in [0.25, 0.3) is 0 Å². The van der Waals surface area contributed by atoms with E-state index in [0.29, 0.717) is 11.6 Å². The average molecular weight is 294 g/mol. The molecule has 1 aliphatic rings. The van der Waals surface area contributed by atoms with Gasteiger partial charge in [-0.25, -0.2) is 5.43 Å². The molecule has 0 spiro atoms. The maximum absolute atomic E-state index is 12.1. The van der Waals surface area contributed by atoms with Crippen LogP contribution in [0.5, 0.6) is 5.75 Å². The quantitative estimate of drug-likeness (QED) is 0.672. The van der Waals surface area contributed by atoms with Crippen LogP contribution in [0.3, 0.4) is 0 Å². The molecular formula is C18H18N2O2. The number of rotatable bonds is 4. The molecule has 4 heteroatoms. The number of nitrogens with zero attached hydrogens (tertiary/aromatic N) is 1. The summed E-state index contributed by atoms with van der Waals surface area (Å²) in [6.45, 7) is 1.80. The number of phenols is 1. The number of aromatic hydroxyl groups is 1. The van der Waals surface area contributed by atoms with Gasteiger partial charge in [-0.2, -0.15) is 5.10 Å². The number of hydrogen-bond donors (Lipinski definition) is 2. The van der Waals surface area contributed by atoms with Gasteiger partial charge in [0.1, 0.15) is 5.75 Å². The van der Waals surface area contributed by atoms with Crippen LogP contribution in [-0.4, -0.2) is 16.7 Å². The predicted octanol–water partition coefficient (Wildman–Crippen LogP) is 3.04. The van der Waals surface area contributed by atoms with Crippen LogP contribution < -0.4 is 5.43 Å². The molecule has 1 fully saturated rings. The number of nitrogens with one attached hydrogen (secondary N) is 1. The van der Waals surface area contributed by atoms with Gasteiger partial charge < -0.3 is 5.11 Å². The average Bonchev–Trinajstić information content (AvgIpc) is 3.34. The molecule has 0 radical (unpaired) electrons. The fourth-order valence-electron chi connectivity index (χ4n) is 2.57. The third kappa shape index (κ3) is 3.17. The Hall–Kier alpha value is -2.62. The number of carbonyl (C=O) groups excluding carboxylic acids is 1. The molecule has 22 heavy (non-hydrogen) atoms. The monoisotopic (exact) mass is 294 g/mol. The van der Waals surface area contributed by atoms with Crippen molar-refractivity contribution in [1.82, 2.24) is 5.43 Å². The van der Waals surface area contributed by atoms with Gasteiger partial charge in [0.05, 0.1) is 5.71 Å². The second-order valence-electron chi connectivity index (χ2n) is 5.58. The highest BCUT2D eigenvalue weighted by molar-refractivity contribution is 5.99. The first-order valence-electron chi connectivity index (χ1n) is 7.33. The molecule has 1 aliphatic carbocycles. The lowest BCUT2D eigenvalue weighted by Crippen LogP contribution is -2.21. The van der Waals surface area contributed by atoms with Crippen LogP contribution >= 0.6 is 0 Å². The first-order chi connectivity index (χ1) is 10.6. The molecule has 0 heterocycles. The normalized spacial score (nSPS) is 20.5. The lowest BCUT2D eigenvalue weighted by molar-refractivity contribution is -0.122. The van der Waals surface area contributed by atoms with Crippen LogP contribution in [0.4, 0.5) is 0 Å². The Kier molecular flexibility index (Phi) is 3.92. The second-order valence-corrected chi connectivity index (χ2v) is 5.58. The number of hydrogen-bond acceptors (Lipinski definition) is 3. The van der Waals surface area contributed by atoms with Crippen molar-refractivity contribution in [3.63, 3.8) is 0 Å². The number of amides is 1. The van der Waals surface area contributed by atoms with E-state index in [1.165, 1.54) is 5.56 Å². The van der Waals surface area contributed by atoms with Gasteiger partial charge in [-0.1, -0.05) is 42.5 Å². The van der Waals surface area contributed by atoms with E-state index in [1.807, 2.05) is 24.3 Å². The molecule has 0 aromatic heterocycles. The van der Waals surface area contributed by atoms with Gasteiger partial charge in [-0.15, -0.1) is 0 Å². The van der Waals surface area contributed by atoms with Crippen LogP contribution in [0.2, 0.25) is 0 Å². The van der Waals surface area contributed by atoms with Crippen molar-refractivity contribution in [2.45, 2.75) is 19.3 Å². The Morgan fingerprint density at radius 2 is 1.95 bits per heavy atom. The van der Waals surface area contributed by atoms with E-state index in [9.17, 15) is 9.90 Å². The van der Waals surface area contributed by atoms with E-state index in [1.54, 1.807) is 25.1 Å². The Morgan fingerprint density at radius 3 is 2.68 bits per heavy atom. The molecular weight excluding hydrogens is 276 g/mol. The fraction of sp³-hybridized carbons (Fsp3) is 0.222. The van der Waals surface area contributed by atoms with Crippen molar-refractivity contribution >= 4 is 11.6 Å². The minimum atomic E-state index is -0.0478. The molecule has 2 aromatic carbocycles. The summed E-state index contributed by atoms with van der Waals surface area (Å²) in [5, 5.41) is 13.6. The molecule has 4 nitrogen and oxygen atoms in total. The molecule has 0 saturated heterocycles. The number of hydrazone groups is 1. The Morgan fingerprint density at radius 1 is 1.18 bits per heavy atom. The standard InChI is InChI=1S/C18H18N2O2/c1-12(14-8-5-9-15(21)10-14)19-20-18(22)17-11-16(17)13-6-3-2-4-7-13/h2-10,16-17,21H,11H2,1H3,(H,20,22). The molecule has 1 amide bonds. The van der Waals surface area contributed by atoms with Crippen molar-refractivity contribution in [1.29, 1.82) is 0 Å². The topological polar surface area (TPSA) is 61.7 Å². The zero-order chi connectivity index (χ0) is 15.5. The summed E-state index contributed by atoms with van der Waals surface area (Å²) in [6.07, 6.45) is 0.872. The summed E-state index contributed by atoms with van der Waals surface area (Å²) in [6, 6.07) is 16.9. The van der Waals surface area contributed by atoms with Gasteiger partial charge in [0, 0.05) is 11.5 Å². The molecule has 2 unspecified atom stereocenters. The Labute approximate surface area is 129 Å². The van der Waals surface area contributed by atoms with Crippen molar-refractivity contribution < 1.29 is 9.90 Å². The molecule has 0 aliphatic heterocycles. The van der Waals surface area contributed by atoms with E-state index < -0.39 is 0 Å². The molecule has 2 atom stereocenters. The maximum Gasteiger partial charge on any atom is 0.243 e. The SMILES string of the molecule is CC(=NNC(=O)C1CC1c1ccccc1)c1cccc(O)c1. The lowest BCUT2D eigenvalue weighted by atomic mass is 10.1. The highest BCUT2D eigenvalue weighted by atomic mass is 16.3. The smallest absolute Gasteiger partial charge is 0.243 e. The van der Waals surface area contributed by atoms with Crippen LogP contribution in [0.1, 0.15) is 30.4 Å². The van der Waals surface area contributed by atoms with Crippen molar-refractivity contribution in [3.8, 4) is 5.75 Å². The minimum Gasteiger partial charge on any atom is -0.508 e. The third-order valence-electron chi connectivity index (χ3n) is 3.95. The predicted molar refractivity (Wildman–Crippen MR) is 85.8 cm³/mol. The summed E-state index contributed by atoms with van der Waals surface area (Å²) in [7, 11) is 0. The van der Waals surface area contributed by atoms with Crippen LogP contribution in [0.15, 0.2) is 59.7 Å². The van der Waals surface area contributed by atoms with Gasteiger partial charge in [-0.05, 0) is 37.0 Å². The molecule has 112 valence electrons. The second kappa shape index (κ2) is 6.02. The summed E-state index contributed by atoms with van der Waals surface area (Å²) < 4.78 is 0. The maximum atomic E-state index is 12.1. The van der Waals surface area contributed by atoms with Crippen molar-refractivity contribution in [3.05, 3.63) is 65.7 Å². The van der Waals surface area contributed by atoms with Crippen LogP contribution in [0.25, 0.3) is 0 Å². The summed E-state index contributed by atoms with van der Waals surface area (Å²) in [5.41, 5.74) is 5.29. The van der Waals surface area contributed by atoms with Crippen LogP contribution in [0, 0.1) is 5.92 Å². The first-order valence-corrected chi connectivity index (χ1v) is 7.33. The summed E-state index contributed by atoms with van der Waals surface area (Å²) >= 11 is 0. The van der Waals surface area contributed by atoms with Crippen LogP contribution in [-0.2, 0) is 4.79 Å². The highest BCUT2D eigenvalue weighted by Crippen LogP contribution is 2.47. The minimum absolute atomic E-state index is 0.00289. The van der Waals surface area contributed by atoms with Gasteiger partial charge >= 0.3 is 0 Å². The number of benzene rings is 2. The molecule has 2 N–H and O–H groups in total. The first kappa shape index (κ1) is 14.3. The third-order valence-corrected chi connectivity index (χ3v) is 3.95. The molecule has 3 rings (SSSR count). The van der Waals surface area contributed by atoms with Crippen molar-refractivity contribution in [2.24, 2.45) is 11.0 Å². The summed E-state index contributed by atoms with van der Waals surface area (Å²) in [4.78, 5) is 12.1. The van der Waals surface area contributed by atoms with Crippen molar-refractivity contribution in [2.75, 3.05) is 0 Å². The molecule has 2 aromatic rings. The lowest BCUT2D eigenvalue weighted by Gasteiger charge is -2.03. The molecule has 1 saturated carbocycles. The van der Waals surface area contributed by atoms with E-state index in [2.05, 4.69) is 22.7 Å². The number of carbonyl (C=O) groups is 1. The zero-order valence-corrected chi connectivity index (χ0v) is 12.4. The van der Waals surface area contributed by atoms with Gasteiger partial charge in [-0.3, -0.25) is 4.79 Å². The zero-order valence-electron chi connectivity index (χ0n) is 12.4. The van der Waals surface area contributed by atoms with Gasteiger partial charge in [0.2, 0.25) is 5.91 Å². The van der Waals surface area contributed by atoms with Gasteiger partial charge in [0.15, 0.2) is 0 Å². The fourth-order valence-corrected chi connectivity index (χ4v) is 2.57. The summed E-state index contributed by atoms with van der Waals surface area (Å²) in [5.74, 6) is 0.443. The Bertz CT molecular complexity index is 710. The Balaban J connectivity index is 1.60. The highest BCUT2D eigenvalue weighted by Gasteiger charge is 2.43. The van der Waals surface area contributed by atoms with E-state index >= 15 is 0 Å². The van der Waals surface area contributed by atoms with E-state index in [4.69, 9.17) is 0 Å². The molecule has 0 bridgehead atoms. The van der Waals surface area contributed by atoms with E-state index in [-0.39, 0.29) is 17.6 Å². The largest absolute Gasteiger partial charge is 0.508 e. The number of phenolic OH excluding ortho intramolecular Hbond substituents is 1. The van der Waals surface area contributed by atoms with E-state index in [0.717, 1.165) is 12.0 Å².